The Labute approximate surface area is 95.5 Å². The van der Waals surface area contributed by atoms with Gasteiger partial charge >= 0.3 is 0 Å². The lowest BCUT2D eigenvalue weighted by Crippen LogP contribution is -1.80. The zero-order valence-corrected chi connectivity index (χ0v) is 8.65. The smallest absolute Gasteiger partial charge is 0.167 e. The Hall–Kier alpha value is -2.23. The molecule has 0 aliphatic rings. The minimum absolute atomic E-state index is 0.326. The summed E-state index contributed by atoms with van der Waals surface area (Å²) in [5.41, 5.74) is 1.71. The second-order valence-corrected chi connectivity index (χ2v) is 3.68. The molecule has 3 rings (SSSR count). The van der Waals surface area contributed by atoms with Crippen LogP contribution in [0.25, 0.3) is 22.2 Å². The molecule has 0 amide bonds. The van der Waals surface area contributed by atoms with E-state index in [2.05, 4.69) is 5.16 Å². The Morgan fingerprint density at radius 3 is 2.35 bits per heavy atom. The van der Waals surface area contributed by atoms with E-state index in [-0.39, 0.29) is 11.6 Å². The van der Waals surface area contributed by atoms with Crippen LogP contribution >= 0.6 is 0 Å². The molecule has 0 spiro atoms. The first-order valence-electron chi connectivity index (χ1n) is 5.05. The highest BCUT2D eigenvalue weighted by atomic mass is 19.1. The van der Waals surface area contributed by atoms with Crippen LogP contribution in [0.2, 0.25) is 0 Å². The van der Waals surface area contributed by atoms with Crippen molar-refractivity contribution in [3.05, 3.63) is 54.1 Å². The van der Waals surface area contributed by atoms with Gasteiger partial charge < -0.3 is 4.52 Å². The number of fused-ring (bicyclic) bond motifs is 1. The van der Waals surface area contributed by atoms with Crippen molar-refractivity contribution in [3.8, 4) is 11.3 Å². The number of rotatable bonds is 1. The highest BCUT2D eigenvalue weighted by molar-refractivity contribution is 5.91. The second-order valence-electron chi connectivity index (χ2n) is 3.68. The summed E-state index contributed by atoms with van der Waals surface area (Å²) in [6.07, 6.45) is 0. The predicted molar refractivity (Wildman–Crippen MR) is 59.4 cm³/mol. The first-order chi connectivity index (χ1) is 8.24. The molecule has 17 heavy (non-hydrogen) atoms. The van der Waals surface area contributed by atoms with Gasteiger partial charge in [0.1, 0.15) is 17.3 Å². The molecule has 0 aliphatic heterocycles. The number of hydrogen-bond acceptors (Lipinski definition) is 2. The standard InChI is InChI=1S/C13H7F2NO/c14-9-3-1-8(2-4-9)13-11-7-10(15)5-6-12(11)17-16-13/h1-7H. The van der Waals surface area contributed by atoms with Crippen LogP contribution in [-0.2, 0) is 0 Å². The lowest BCUT2D eigenvalue weighted by Gasteiger charge is -1.96. The van der Waals surface area contributed by atoms with E-state index < -0.39 is 0 Å². The summed E-state index contributed by atoms with van der Waals surface area (Å²) in [7, 11) is 0. The van der Waals surface area contributed by atoms with Gasteiger partial charge in [-0.2, -0.15) is 0 Å². The minimum atomic E-state index is -0.357. The average Bonchev–Trinajstić information content (AvgIpc) is 2.73. The number of hydrogen-bond donors (Lipinski definition) is 0. The molecule has 0 unspecified atom stereocenters. The Bertz CT molecular complexity index is 673. The molecule has 0 radical (unpaired) electrons. The normalized spacial score (nSPS) is 10.9. The van der Waals surface area contributed by atoms with Crippen molar-refractivity contribution in [2.45, 2.75) is 0 Å². The summed E-state index contributed by atoms with van der Waals surface area (Å²) in [4.78, 5) is 0. The van der Waals surface area contributed by atoms with Gasteiger partial charge in [-0.1, -0.05) is 5.16 Å². The van der Waals surface area contributed by atoms with E-state index in [4.69, 9.17) is 4.52 Å². The molecule has 3 aromatic rings. The molecule has 84 valence electrons. The zero-order valence-electron chi connectivity index (χ0n) is 8.65. The molecule has 4 heteroatoms. The van der Waals surface area contributed by atoms with Gasteiger partial charge in [-0.3, -0.25) is 0 Å². The quantitative estimate of drug-likeness (QED) is 0.637. The van der Waals surface area contributed by atoms with E-state index in [1.54, 1.807) is 12.1 Å². The van der Waals surface area contributed by atoms with Crippen molar-refractivity contribution in [2.75, 3.05) is 0 Å². The number of aromatic nitrogens is 1. The zero-order chi connectivity index (χ0) is 11.8. The van der Waals surface area contributed by atoms with Crippen LogP contribution in [0.15, 0.2) is 47.0 Å². The minimum Gasteiger partial charge on any atom is -0.356 e. The molecule has 0 bridgehead atoms. The number of nitrogens with zero attached hydrogens (tertiary/aromatic N) is 1. The summed E-state index contributed by atoms with van der Waals surface area (Å²) >= 11 is 0. The van der Waals surface area contributed by atoms with E-state index >= 15 is 0 Å². The fourth-order valence-corrected chi connectivity index (χ4v) is 1.73. The van der Waals surface area contributed by atoms with Crippen LogP contribution in [-0.4, -0.2) is 5.16 Å². The Morgan fingerprint density at radius 2 is 1.59 bits per heavy atom. The highest BCUT2D eigenvalue weighted by Gasteiger charge is 2.10. The van der Waals surface area contributed by atoms with Crippen LogP contribution in [0.3, 0.4) is 0 Å². The van der Waals surface area contributed by atoms with Crippen molar-refractivity contribution in [2.24, 2.45) is 0 Å². The molecule has 1 aromatic heterocycles. The fraction of sp³-hybridized carbons (Fsp3) is 0. The van der Waals surface area contributed by atoms with Crippen LogP contribution < -0.4 is 0 Å². The third-order valence-electron chi connectivity index (χ3n) is 2.55. The monoisotopic (exact) mass is 231 g/mol. The molecular formula is C13H7F2NO. The molecule has 2 aromatic carbocycles. The van der Waals surface area contributed by atoms with Crippen molar-refractivity contribution in [1.82, 2.24) is 5.16 Å². The predicted octanol–water partition coefficient (Wildman–Crippen LogP) is 3.77. The van der Waals surface area contributed by atoms with Gasteiger partial charge in [0.2, 0.25) is 0 Å². The first-order valence-corrected chi connectivity index (χ1v) is 5.05. The summed E-state index contributed by atoms with van der Waals surface area (Å²) in [6.45, 7) is 0. The van der Waals surface area contributed by atoms with Gasteiger partial charge in [0, 0.05) is 5.56 Å². The largest absolute Gasteiger partial charge is 0.356 e. The van der Waals surface area contributed by atoms with E-state index in [1.807, 2.05) is 0 Å². The molecule has 0 atom stereocenters. The van der Waals surface area contributed by atoms with Gasteiger partial charge in [-0.05, 0) is 42.5 Å². The second kappa shape index (κ2) is 3.66. The van der Waals surface area contributed by atoms with Crippen molar-refractivity contribution in [1.29, 1.82) is 0 Å². The summed E-state index contributed by atoms with van der Waals surface area (Å²) in [5, 5.41) is 4.45. The Balaban J connectivity index is 2.23. The molecule has 0 aliphatic carbocycles. The van der Waals surface area contributed by atoms with Gasteiger partial charge in [-0.15, -0.1) is 0 Å². The lowest BCUT2D eigenvalue weighted by molar-refractivity contribution is 0.459. The van der Waals surface area contributed by atoms with Crippen LogP contribution in [0.1, 0.15) is 0 Å². The first kappa shape index (κ1) is 9.96. The van der Waals surface area contributed by atoms with Gasteiger partial charge in [-0.25, -0.2) is 8.78 Å². The average molecular weight is 231 g/mol. The molecule has 0 saturated heterocycles. The summed E-state index contributed by atoms with van der Waals surface area (Å²) < 4.78 is 31.0. The topological polar surface area (TPSA) is 26.0 Å². The summed E-state index contributed by atoms with van der Waals surface area (Å²) in [5.74, 6) is -0.684. The highest BCUT2D eigenvalue weighted by Crippen LogP contribution is 2.28. The van der Waals surface area contributed by atoms with Crippen molar-refractivity contribution in [3.63, 3.8) is 0 Å². The van der Waals surface area contributed by atoms with Crippen LogP contribution in [0.5, 0.6) is 0 Å². The van der Waals surface area contributed by atoms with E-state index in [1.165, 1.54) is 30.3 Å². The Kier molecular flexibility index (Phi) is 2.14. The summed E-state index contributed by atoms with van der Waals surface area (Å²) in [6, 6.07) is 10.00. The van der Waals surface area contributed by atoms with Crippen molar-refractivity contribution >= 4 is 11.0 Å². The lowest BCUT2D eigenvalue weighted by atomic mass is 10.1. The van der Waals surface area contributed by atoms with Crippen molar-refractivity contribution < 1.29 is 13.3 Å². The van der Waals surface area contributed by atoms with E-state index in [9.17, 15) is 8.78 Å². The number of halogens is 2. The molecule has 0 fully saturated rings. The van der Waals surface area contributed by atoms with Gasteiger partial charge in [0.05, 0.1) is 5.39 Å². The Morgan fingerprint density at radius 1 is 0.882 bits per heavy atom. The third kappa shape index (κ3) is 1.67. The molecule has 0 N–H and O–H groups in total. The van der Waals surface area contributed by atoms with Gasteiger partial charge in [0.25, 0.3) is 0 Å². The SMILES string of the molecule is Fc1ccc(-c2noc3ccc(F)cc23)cc1. The molecule has 1 heterocycles. The maximum Gasteiger partial charge on any atom is 0.167 e. The third-order valence-corrected chi connectivity index (χ3v) is 2.55. The number of benzene rings is 2. The molecule has 2 nitrogen and oxygen atoms in total. The van der Waals surface area contributed by atoms with Gasteiger partial charge in [0.15, 0.2) is 5.58 Å². The molecule has 0 saturated carbocycles. The van der Waals surface area contributed by atoms with E-state index in [0.717, 1.165) is 0 Å². The molecular weight excluding hydrogens is 224 g/mol. The van der Waals surface area contributed by atoms with E-state index in [0.29, 0.717) is 22.2 Å². The fourth-order valence-electron chi connectivity index (χ4n) is 1.73. The van der Waals surface area contributed by atoms with Crippen LogP contribution in [0, 0.1) is 11.6 Å². The maximum absolute atomic E-state index is 13.1. The maximum atomic E-state index is 13.1. The van der Waals surface area contributed by atoms with Crippen LogP contribution in [0.4, 0.5) is 8.78 Å².